The van der Waals surface area contributed by atoms with Crippen LogP contribution < -0.4 is 5.73 Å². The molecule has 0 fully saturated rings. The van der Waals surface area contributed by atoms with Crippen LogP contribution in [0.2, 0.25) is 0 Å². The second kappa shape index (κ2) is 6.06. The van der Waals surface area contributed by atoms with E-state index in [9.17, 15) is 4.79 Å². The van der Waals surface area contributed by atoms with Crippen LogP contribution in [0.3, 0.4) is 0 Å². The Morgan fingerprint density at radius 1 is 1.20 bits per heavy atom. The van der Waals surface area contributed by atoms with Crippen molar-refractivity contribution < 1.29 is 9.53 Å². The van der Waals surface area contributed by atoms with E-state index in [-0.39, 0.29) is 5.97 Å². The van der Waals surface area contributed by atoms with Gasteiger partial charge in [0.2, 0.25) is 0 Å². The first kappa shape index (κ1) is 14.5. The summed E-state index contributed by atoms with van der Waals surface area (Å²) in [5.41, 5.74) is 6.01. The van der Waals surface area contributed by atoms with Crippen molar-refractivity contribution in [2.75, 3.05) is 13.2 Å². The van der Waals surface area contributed by atoms with Crippen molar-refractivity contribution >= 4 is 16.7 Å². The first-order chi connectivity index (χ1) is 9.63. The predicted molar refractivity (Wildman–Crippen MR) is 81.6 cm³/mol. The first-order valence-electron chi connectivity index (χ1n) is 6.99. The molecule has 0 saturated heterocycles. The maximum absolute atomic E-state index is 12.4. The van der Waals surface area contributed by atoms with Gasteiger partial charge in [-0.3, -0.25) is 4.79 Å². The molecule has 0 aliphatic carbocycles. The SMILES string of the molecule is CCOC(=O)C(C)(CCN)c1cccc2ccccc12. The topological polar surface area (TPSA) is 52.3 Å². The molecular weight excluding hydrogens is 250 g/mol. The molecule has 2 rings (SSSR count). The fourth-order valence-electron chi connectivity index (χ4n) is 2.63. The number of fused-ring (bicyclic) bond motifs is 1. The second-order valence-corrected chi connectivity index (χ2v) is 5.12. The van der Waals surface area contributed by atoms with Gasteiger partial charge in [0.1, 0.15) is 0 Å². The van der Waals surface area contributed by atoms with E-state index in [2.05, 4.69) is 0 Å². The highest BCUT2D eigenvalue weighted by Crippen LogP contribution is 2.34. The Morgan fingerprint density at radius 2 is 1.90 bits per heavy atom. The molecule has 1 unspecified atom stereocenters. The summed E-state index contributed by atoms with van der Waals surface area (Å²) < 4.78 is 5.27. The molecule has 2 aromatic rings. The van der Waals surface area contributed by atoms with Gasteiger partial charge in [-0.15, -0.1) is 0 Å². The first-order valence-corrected chi connectivity index (χ1v) is 6.99. The number of hydrogen-bond donors (Lipinski definition) is 1. The lowest BCUT2D eigenvalue weighted by Crippen LogP contribution is -2.36. The number of esters is 1. The number of hydrogen-bond acceptors (Lipinski definition) is 3. The lowest BCUT2D eigenvalue weighted by molar-refractivity contribution is -0.149. The molecule has 0 bridgehead atoms. The number of nitrogens with two attached hydrogens (primary N) is 1. The van der Waals surface area contributed by atoms with Crippen molar-refractivity contribution in [1.82, 2.24) is 0 Å². The summed E-state index contributed by atoms with van der Waals surface area (Å²) in [7, 11) is 0. The molecule has 0 heterocycles. The van der Waals surface area contributed by atoms with E-state index in [1.807, 2.05) is 56.3 Å². The minimum Gasteiger partial charge on any atom is -0.465 e. The highest BCUT2D eigenvalue weighted by molar-refractivity contribution is 5.93. The van der Waals surface area contributed by atoms with E-state index in [0.717, 1.165) is 16.3 Å². The maximum Gasteiger partial charge on any atom is 0.316 e. The number of carbonyl (C=O) groups excluding carboxylic acids is 1. The van der Waals surface area contributed by atoms with Gasteiger partial charge in [0.15, 0.2) is 0 Å². The van der Waals surface area contributed by atoms with Gasteiger partial charge in [0, 0.05) is 0 Å². The van der Waals surface area contributed by atoms with Crippen LogP contribution >= 0.6 is 0 Å². The third-order valence-electron chi connectivity index (χ3n) is 3.75. The Morgan fingerprint density at radius 3 is 2.60 bits per heavy atom. The fraction of sp³-hybridized carbons (Fsp3) is 0.353. The van der Waals surface area contributed by atoms with Crippen LogP contribution in [0.15, 0.2) is 42.5 Å². The van der Waals surface area contributed by atoms with E-state index in [4.69, 9.17) is 10.5 Å². The zero-order valence-electron chi connectivity index (χ0n) is 12.1. The van der Waals surface area contributed by atoms with Gasteiger partial charge in [-0.05, 0) is 43.1 Å². The minimum atomic E-state index is -0.703. The minimum absolute atomic E-state index is 0.207. The summed E-state index contributed by atoms with van der Waals surface area (Å²) in [4.78, 5) is 12.4. The number of rotatable bonds is 5. The monoisotopic (exact) mass is 271 g/mol. The predicted octanol–water partition coefficient (Wildman–Crippen LogP) is 3.01. The van der Waals surface area contributed by atoms with Crippen molar-refractivity contribution in [2.45, 2.75) is 25.7 Å². The van der Waals surface area contributed by atoms with Crippen LogP contribution in [0.25, 0.3) is 10.8 Å². The van der Waals surface area contributed by atoms with Gasteiger partial charge in [-0.1, -0.05) is 42.5 Å². The number of benzene rings is 2. The molecule has 2 N–H and O–H groups in total. The fourth-order valence-corrected chi connectivity index (χ4v) is 2.63. The molecular formula is C17H21NO2. The Hall–Kier alpha value is -1.87. The molecule has 3 heteroatoms. The zero-order valence-corrected chi connectivity index (χ0v) is 12.1. The smallest absolute Gasteiger partial charge is 0.316 e. The lowest BCUT2D eigenvalue weighted by atomic mass is 9.77. The average molecular weight is 271 g/mol. The third-order valence-corrected chi connectivity index (χ3v) is 3.75. The van der Waals surface area contributed by atoms with Crippen LogP contribution in [0, 0.1) is 0 Å². The van der Waals surface area contributed by atoms with Crippen molar-refractivity contribution in [3.8, 4) is 0 Å². The molecule has 0 aliphatic rings. The van der Waals surface area contributed by atoms with E-state index in [1.165, 1.54) is 0 Å². The molecule has 0 spiro atoms. The van der Waals surface area contributed by atoms with Crippen molar-refractivity contribution in [2.24, 2.45) is 5.73 Å². The summed E-state index contributed by atoms with van der Waals surface area (Å²) in [5, 5.41) is 2.21. The zero-order chi connectivity index (χ0) is 14.6. The summed E-state index contributed by atoms with van der Waals surface area (Å²) in [6.07, 6.45) is 0.569. The molecule has 0 radical (unpaired) electrons. The molecule has 0 saturated carbocycles. The normalized spacial score (nSPS) is 13.9. The Kier molecular flexibility index (Phi) is 4.40. The Labute approximate surface area is 119 Å². The molecule has 0 amide bonds. The van der Waals surface area contributed by atoms with Crippen LogP contribution in [0.5, 0.6) is 0 Å². The van der Waals surface area contributed by atoms with Gasteiger partial charge < -0.3 is 10.5 Å². The van der Waals surface area contributed by atoms with Gasteiger partial charge >= 0.3 is 5.97 Å². The van der Waals surface area contributed by atoms with Crippen molar-refractivity contribution in [3.63, 3.8) is 0 Å². The largest absolute Gasteiger partial charge is 0.465 e. The van der Waals surface area contributed by atoms with E-state index in [1.54, 1.807) is 0 Å². The van der Waals surface area contributed by atoms with Gasteiger partial charge in [0.05, 0.1) is 12.0 Å². The molecule has 1 atom stereocenters. The molecule has 20 heavy (non-hydrogen) atoms. The van der Waals surface area contributed by atoms with E-state index < -0.39 is 5.41 Å². The Balaban J connectivity index is 2.60. The van der Waals surface area contributed by atoms with Crippen LogP contribution in [0.4, 0.5) is 0 Å². The number of carbonyl (C=O) groups is 1. The Bertz CT molecular complexity index is 603. The van der Waals surface area contributed by atoms with Crippen LogP contribution in [0.1, 0.15) is 25.8 Å². The quantitative estimate of drug-likeness (QED) is 0.850. The summed E-state index contributed by atoms with van der Waals surface area (Å²) in [6.45, 7) is 4.56. The van der Waals surface area contributed by atoms with E-state index >= 15 is 0 Å². The van der Waals surface area contributed by atoms with Gasteiger partial charge in [-0.2, -0.15) is 0 Å². The molecule has 0 aromatic heterocycles. The number of ether oxygens (including phenoxy) is 1. The van der Waals surface area contributed by atoms with Crippen LogP contribution in [-0.4, -0.2) is 19.1 Å². The maximum atomic E-state index is 12.4. The van der Waals surface area contributed by atoms with Gasteiger partial charge in [-0.25, -0.2) is 0 Å². The molecule has 0 aliphatic heterocycles. The van der Waals surface area contributed by atoms with Crippen molar-refractivity contribution in [3.05, 3.63) is 48.0 Å². The van der Waals surface area contributed by atoms with Crippen molar-refractivity contribution in [1.29, 1.82) is 0 Å². The molecule has 3 nitrogen and oxygen atoms in total. The third kappa shape index (κ3) is 2.54. The lowest BCUT2D eigenvalue weighted by Gasteiger charge is -2.28. The van der Waals surface area contributed by atoms with Crippen LogP contribution in [-0.2, 0) is 14.9 Å². The van der Waals surface area contributed by atoms with Gasteiger partial charge in [0.25, 0.3) is 0 Å². The highest BCUT2D eigenvalue weighted by Gasteiger charge is 2.37. The summed E-state index contributed by atoms with van der Waals surface area (Å²) in [5.74, 6) is -0.207. The highest BCUT2D eigenvalue weighted by atomic mass is 16.5. The second-order valence-electron chi connectivity index (χ2n) is 5.12. The average Bonchev–Trinajstić information content (AvgIpc) is 2.47. The summed E-state index contributed by atoms with van der Waals surface area (Å²) in [6, 6.07) is 14.1. The standard InChI is InChI=1S/C17H21NO2/c1-3-20-16(19)17(2,11-12-18)15-10-6-8-13-7-4-5-9-14(13)15/h4-10H,3,11-12,18H2,1-2H3. The molecule has 2 aromatic carbocycles. The molecule has 106 valence electrons. The van der Waals surface area contributed by atoms with E-state index in [0.29, 0.717) is 19.6 Å². The summed E-state index contributed by atoms with van der Waals surface area (Å²) >= 11 is 0.